The first-order chi connectivity index (χ1) is 17.2. The first-order valence-electron chi connectivity index (χ1n) is 15.3. The molecule has 208 valence electrons. The predicted octanol–water partition coefficient (Wildman–Crippen LogP) is 7.34. The number of ether oxygens (including phenoxy) is 1. The van der Waals surface area contributed by atoms with Crippen molar-refractivity contribution in [2.45, 2.75) is 119 Å². The van der Waals surface area contributed by atoms with Crippen molar-refractivity contribution in [3.05, 3.63) is 12.7 Å². The van der Waals surface area contributed by atoms with Crippen LogP contribution in [0.1, 0.15) is 113 Å². The molecule has 0 bridgehead atoms. The second-order valence-electron chi connectivity index (χ2n) is 15.6. The van der Waals surface area contributed by atoms with Gasteiger partial charge in [-0.25, -0.2) is 4.79 Å². The summed E-state index contributed by atoms with van der Waals surface area (Å²) < 4.78 is 5.42. The fraction of sp³-hybridized carbons (Fsp3) is 0.879. The van der Waals surface area contributed by atoms with Crippen LogP contribution in [0, 0.1) is 62.6 Å². The van der Waals surface area contributed by atoms with Gasteiger partial charge in [0.25, 0.3) is 0 Å². The van der Waals surface area contributed by atoms with Crippen molar-refractivity contribution in [3.63, 3.8) is 0 Å². The van der Waals surface area contributed by atoms with Crippen molar-refractivity contribution < 1.29 is 19.4 Å². The molecule has 0 aliphatic heterocycles. The van der Waals surface area contributed by atoms with Crippen molar-refractivity contribution in [3.8, 4) is 0 Å². The molecule has 5 aliphatic carbocycles. The Labute approximate surface area is 225 Å². The normalized spacial score (nSPS) is 50.3. The van der Waals surface area contributed by atoms with Gasteiger partial charge in [0.2, 0.25) is 0 Å². The van der Waals surface area contributed by atoms with Gasteiger partial charge in [0.05, 0.1) is 11.5 Å². The lowest BCUT2D eigenvalue weighted by Crippen LogP contribution is -2.67. The highest BCUT2D eigenvalue weighted by Gasteiger charge is 2.72. The molecule has 10 atom stereocenters. The molecule has 5 saturated carbocycles. The summed E-state index contributed by atoms with van der Waals surface area (Å²) in [7, 11) is 0. The highest BCUT2D eigenvalue weighted by atomic mass is 16.6. The Morgan fingerprint density at radius 3 is 2.22 bits per heavy atom. The fourth-order valence-electron chi connectivity index (χ4n) is 12.0. The maximum atomic E-state index is 13.7. The van der Waals surface area contributed by atoms with E-state index in [0.717, 1.165) is 44.6 Å². The van der Waals surface area contributed by atoms with Crippen molar-refractivity contribution in [1.82, 2.24) is 0 Å². The Bertz CT molecular complexity index is 967. The first kappa shape index (κ1) is 27.4. The zero-order chi connectivity index (χ0) is 27.2. The van der Waals surface area contributed by atoms with Crippen LogP contribution >= 0.6 is 0 Å². The number of hydrogen-bond donors (Lipinski definition) is 1. The molecular formula is C33H52O4. The minimum atomic E-state index is -0.608. The number of aliphatic hydroxyl groups excluding tert-OH is 1. The van der Waals surface area contributed by atoms with Gasteiger partial charge in [0.15, 0.2) is 0 Å². The highest BCUT2D eigenvalue weighted by molar-refractivity contribution is 5.94. The second-order valence-corrected chi connectivity index (χ2v) is 15.6. The van der Waals surface area contributed by atoms with Gasteiger partial charge in [-0.2, -0.15) is 0 Å². The molecule has 0 aromatic heterocycles. The van der Waals surface area contributed by atoms with Gasteiger partial charge in [0, 0.05) is 6.08 Å². The monoisotopic (exact) mass is 512 g/mol. The van der Waals surface area contributed by atoms with Crippen LogP contribution in [0.2, 0.25) is 0 Å². The largest absolute Gasteiger partial charge is 0.393 e. The topological polar surface area (TPSA) is 63.6 Å². The van der Waals surface area contributed by atoms with Gasteiger partial charge in [-0.05, 0) is 121 Å². The molecule has 4 unspecified atom stereocenters. The molecule has 5 rings (SSSR count). The number of aliphatic hydroxyl groups is 1. The minimum Gasteiger partial charge on any atom is -0.393 e. The number of hydrogen-bond acceptors (Lipinski definition) is 4. The smallest absolute Gasteiger partial charge is 0.337 e. The maximum Gasteiger partial charge on any atom is 0.337 e. The quantitative estimate of drug-likeness (QED) is 0.244. The molecule has 0 aromatic carbocycles. The predicted molar refractivity (Wildman–Crippen MR) is 146 cm³/mol. The van der Waals surface area contributed by atoms with Gasteiger partial charge in [-0.1, -0.05) is 55.0 Å². The van der Waals surface area contributed by atoms with Gasteiger partial charge in [-0.3, -0.25) is 4.79 Å². The van der Waals surface area contributed by atoms with Crippen LogP contribution in [0.4, 0.5) is 0 Å². The number of rotatable bonds is 3. The van der Waals surface area contributed by atoms with Crippen LogP contribution < -0.4 is 0 Å². The third-order valence-electron chi connectivity index (χ3n) is 14.1. The van der Waals surface area contributed by atoms with E-state index in [2.05, 4.69) is 55.0 Å². The van der Waals surface area contributed by atoms with E-state index in [1.165, 1.54) is 25.7 Å². The van der Waals surface area contributed by atoms with Gasteiger partial charge in [0.1, 0.15) is 0 Å². The molecule has 0 spiro atoms. The van der Waals surface area contributed by atoms with E-state index >= 15 is 0 Å². The molecule has 0 saturated heterocycles. The summed E-state index contributed by atoms with van der Waals surface area (Å²) in [6, 6.07) is 0. The van der Waals surface area contributed by atoms with E-state index in [0.29, 0.717) is 29.6 Å². The molecule has 37 heavy (non-hydrogen) atoms. The molecule has 0 heterocycles. The van der Waals surface area contributed by atoms with Crippen molar-refractivity contribution >= 4 is 11.9 Å². The Morgan fingerprint density at radius 1 is 0.865 bits per heavy atom. The van der Waals surface area contributed by atoms with Crippen LogP contribution in [0.15, 0.2) is 12.7 Å². The number of carbonyl (C=O) groups excluding carboxylic acids is 2. The van der Waals surface area contributed by atoms with Gasteiger partial charge >= 0.3 is 11.9 Å². The summed E-state index contributed by atoms with van der Waals surface area (Å²) in [6.07, 6.45) is 11.5. The van der Waals surface area contributed by atoms with E-state index in [9.17, 15) is 14.7 Å². The summed E-state index contributed by atoms with van der Waals surface area (Å²) in [5.74, 6) is 2.08. The molecular weight excluding hydrogens is 460 g/mol. The zero-order valence-electron chi connectivity index (χ0n) is 24.6. The van der Waals surface area contributed by atoms with Crippen molar-refractivity contribution in [2.75, 3.05) is 0 Å². The Morgan fingerprint density at radius 2 is 1.57 bits per heavy atom. The van der Waals surface area contributed by atoms with E-state index in [1.807, 2.05) is 0 Å². The Balaban J connectivity index is 1.54. The molecule has 4 nitrogen and oxygen atoms in total. The summed E-state index contributed by atoms with van der Waals surface area (Å²) in [4.78, 5) is 25.8. The number of fused-ring (bicyclic) bond motifs is 7. The van der Waals surface area contributed by atoms with E-state index in [-0.39, 0.29) is 39.7 Å². The minimum absolute atomic E-state index is 0.0383. The lowest BCUT2D eigenvalue weighted by molar-refractivity contribution is -0.249. The molecule has 0 amide bonds. The van der Waals surface area contributed by atoms with E-state index in [4.69, 9.17) is 4.74 Å². The molecule has 5 fully saturated rings. The van der Waals surface area contributed by atoms with Crippen LogP contribution in [-0.4, -0.2) is 23.1 Å². The standard InChI is InChI=1S/C33H52O4/c1-9-26(35)37-28(36)33-17-12-21(20(2)3)27(33)22-10-11-24-30(6)15-14-25(34)29(4,5)23(30)13-16-32(24,8)31(22,7)18-19-33/h9,20-25,27,34H,1,10-19H2,2-8H3/t21-,22+,23-,24?,25?,27?,30-,31+,32+,33?/m0/s1. The fourth-order valence-corrected chi connectivity index (χ4v) is 12.0. The van der Waals surface area contributed by atoms with Crippen molar-refractivity contribution in [1.29, 1.82) is 0 Å². The number of esters is 2. The summed E-state index contributed by atoms with van der Waals surface area (Å²) in [5, 5.41) is 11.0. The summed E-state index contributed by atoms with van der Waals surface area (Å²) >= 11 is 0. The SMILES string of the molecule is C=CC(=O)OC(=O)C12CC[C@@H](C(C)C)C1[C@H]1CCC3[C@@]4(C)CCC(O)C(C)(C)[C@@H]4CC[C@@]3(C)[C@]1(C)CC2. The van der Waals surface area contributed by atoms with Crippen LogP contribution in [0.25, 0.3) is 0 Å². The zero-order valence-corrected chi connectivity index (χ0v) is 24.6. The van der Waals surface area contributed by atoms with Gasteiger partial charge in [-0.15, -0.1) is 0 Å². The van der Waals surface area contributed by atoms with E-state index < -0.39 is 11.4 Å². The second kappa shape index (κ2) is 8.67. The lowest BCUT2D eigenvalue weighted by atomic mass is 9.32. The molecule has 5 aliphatic rings. The Hall–Kier alpha value is -1.16. The highest BCUT2D eigenvalue weighted by Crippen LogP contribution is 2.77. The van der Waals surface area contributed by atoms with E-state index in [1.54, 1.807) is 0 Å². The summed E-state index contributed by atoms with van der Waals surface area (Å²) in [5.41, 5.74) is 0.0677. The third-order valence-corrected chi connectivity index (χ3v) is 14.1. The lowest BCUT2D eigenvalue weighted by Gasteiger charge is -2.72. The van der Waals surface area contributed by atoms with Crippen molar-refractivity contribution in [2.24, 2.45) is 62.6 Å². The number of carbonyl (C=O) groups is 2. The van der Waals surface area contributed by atoms with Crippen LogP contribution in [-0.2, 0) is 14.3 Å². The van der Waals surface area contributed by atoms with Gasteiger partial charge < -0.3 is 9.84 Å². The molecule has 4 heteroatoms. The average Bonchev–Trinajstić information content (AvgIpc) is 3.23. The van der Waals surface area contributed by atoms with Crippen LogP contribution in [0.3, 0.4) is 0 Å². The third kappa shape index (κ3) is 3.48. The molecule has 1 N–H and O–H groups in total. The molecule has 0 aromatic rings. The summed E-state index contributed by atoms with van der Waals surface area (Å²) in [6.45, 7) is 20.5. The average molecular weight is 513 g/mol. The maximum absolute atomic E-state index is 13.7. The Kier molecular flexibility index (Phi) is 6.42. The first-order valence-corrected chi connectivity index (χ1v) is 15.3. The molecule has 0 radical (unpaired) electrons. The van der Waals surface area contributed by atoms with Crippen LogP contribution in [0.5, 0.6) is 0 Å².